The van der Waals surface area contributed by atoms with Gasteiger partial charge >= 0.3 is 5.97 Å². The molecule has 1 aromatic carbocycles. The van der Waals surface area contributed by atoms with Crippen molar-refractivity contribution in [3.05, 3.63) is 29.8 Å². The van der Waals surface area contributed by atoms with E-state index in [4.69, 9.17) is 9.47 Å². The quantitative estimate of drug-likeness (QED) is 0.735. The van der Waals surface area contributed by atoms with E-state index in [9.17, 15) is 13.2 Å². The topological polar surface area (TPSA) is 69.7 Å². The first-order valence-corrected chi connectivity index (χ1v) is 10.2. The first kappa shape index (κ1) is 18.8. The monoisotopic (exact) mass is 354 g/mol. The van der Waals surface area contributed by atoms with Crippen molar-refractivity contribution in [3.63, 3.8) is 0 Å². The summed E-state index contributed by atoms with van der Waals surface area (Å²) in [6.07, 6.45) is 1.46. The molecular formula is C18H26O5S. The number of hydrogen-bond acceptors (Lipinski definition) is 5. The zero-order valence-corrected chi connectivity index (χ0v) is 15.4. The molecule has 0 aromatic heterocycles. The average molecular weight is 354 g/mol. The third kappa shape index (κ3) is 5.23. The van der Waals surface area contributed by atoms with Crippen molar-refractivity contribution in [2.45, 2.75) is 51.6 Å². The van der Waals surface area contributed by atoms with Crippen LogP contribution in [0.2, 0.25) is 0 Å². The van der Waals surface area contributed by atoms with E-state index in [0.717, 1.165) is 6.42 Å². The van der Waals surface area contributed by atoms with Crippen LogP contribution in [-0.4, -0.2) is 38.6 Å². The van der Waals surface area contributed by atoms with Crippen molar-refractivity contribution in [2.24, 2.45) is 0 Å². The first-order chi connectivity index (χ1) is 11.2. The number of esters is 1. The molecule has 2 rings (SSSR count). The summed E-state index contributed by atoms with van der Waals surface area (Å²) in [7, 11) is -2.95. The molecule has 1 saturated heterocycles. The van der Waals surface area contributed by atoms with Crippen LogP contribution in [0.4, 0.5) is 0 Å². The summed E-state index contributed by atoms with van der Waals surface area (Å²) in [5.41, 5.74) is 1.34. The van der Waals surface area contributed by atoms with Gasteiger partial charge in [-0.25, -0.2) is 13.2 Å². The van der Waals surface area contributed by atoms with E-state index in [1.54, 1.807) is 0 Å². The Labute approximate surface area is 144 Å². The average Bonchev–Trinajstić information content (AvgIpc) is 2.55. The SMILES string of the molecule is CCC(C)(C)c1ccc(OCC(=O)OC2CCS(=O)(=O)CC2)cc1. The lowest BCUT2D eigenvalue weighted by Crippen LogP contribution is -2.31. The van der Waals surface area contributed by atoms with Crippen LogP contribution in [0, 0.1) is 0 Å². The predicted molar refractivity (Wildman–Crippen MR) is 93.0 cm³/mol. The molecule has 134 valence electrons. The van der Waals surface area contributed by atoms with Crippen molar-refractivity contribution < 1.29 is 22.7 Å². The van der Waals surface area contributed by atoms with Crippen molar-refractivity contribution in [3.8, 4) is 5.75 Å². The molecule has 5 nitrogen and oxygen atoms in total. The number of sulfone groups is 1. The number of hydrogen-bond donors (Lipinski definition) is 0. The Hall–Kier alpha value is -1.56. The van der Waals surface area contributed by atoms with Gasteiger partial charge in [-0.15, -0.1) is 0 Å². The van der Waals surface area contributed by atoms with Gasteiger partial charge in [0.2, 0.25) is 0 Å². The molecule has 1 aliphatic heterocycles. The van der Waals surface area contributed by atoms with Crippen LogP contribution in [0.5, 0.6) is 5.75 Å². The molecule has 0 radical (unpaired) electrons. The fourth-order valence-electron chi connectivity index (χ4n) is 2.55. The largest absolute Gasteiger partial charge is 0.482 e. The van der Waals surface area contributed by atoms with Crippen LogP contribution in [0.1, 0.15) is 45.6 Å². The van der Waals surface area contributed by atoms with Gasteiger partial charge in [0.05, 0.1) is 11.5 Å². The number of rotatable bonds is 6. The molecule has 6 heteroatoms. The summed E-state index contributed by atoms with van der Waals surface area (Å²) < 4.78 is 33.4. The van der Waals surface area contributed by atoms with Crippen LogP contribution in [-0.2, 0) is 24.8 Å². The maximum Gasteiger partial charge on any atom is 0.344 e. The maximum absolute atomic E-state index is 11.8. The highest BCUT2D eigenvalue weighted by molar-refractivity contribution is 7.91. The number of ether oxygens (including phenoxy) is 2. The van der Waals surface area contributed by atoms with Gasteiger partial charge in [-0.2, -0.15) is 0 Å². The molecule has 0 N–H and O–H groups in total. The minimum Gasteiger partial charge on any atom is -0.482 e. The smallest absolute Gasteiger partial charge is 0.344 e. The minimum atomic E-state index is -2.95. The lowest BCUT2D eigenvalue weighted by molar-refractivity contribution is -0.151. The van der Waals surface area contributed by atoms with Gasteiger partial charge in [-0.3, -0.25) is 0 Å². The molecule has 0 aliphatic carbocycles. The zero-order valence-electron chi connectivity index (χ0n) is 14.6. The van der Waals surface area contributed by atoms with Crippen molar-refractivity contribution in [1.29, 1.82) is 0 Å². The molecule has 0 atom stereocenters. The van der Waals surface area contributed by atoms with E-state index < -0.39 is 15.8 Å². The van der Waals surface area contributed by atoms with Crippen LogP contribution in [0.25, 0.3) is 0 Å². The van der Waals surface area contributed by atoms with Gasteiger partial charge in [-0.1, -0.05) is 32.9 Å². The number of carbonyl (C=O) groups excluding carboxylic acids is 1. The lowest BCUT2D eigenvalue weighted by atomic mass is 9.82. The molecule has 1 aromatic rings. The molecule has 1 heterocycles. The Kier molecular flexibility index (Phi) is 5.91. The van der Waals surface area contributed by atoms with Gasteiger partial charge < -0.3 is 9.47 Å². The van der Waals surface area contributed by atoms with Gasteiger partial charge in [0.1, 0.15) is 11.9 Å². The highest BCUT2D eigenvalue weighted by Gasteiger charge is 2.26. The third-order valence-corrected chi connectivity index (χ3v) is 6.39. The second-order valence-corrected chi connectivity index (χ2v) is 9.20. The number of benzene rings is 1. The third-order valence-electron chi connectivity index (χ3n) is 4.68. The van der Waals surface area contributed by atoms with Crippen LogP contribution < -0.4 is 4.74 Å². The van der Waals surface area contributed by atoms with Gasteiger partial charge in [0, 0.05) is 0 Å². The fraction of sp³-hybridized carbons (Fsp3) is 0.611. The minimum absolute atomic E-state index is 0.0838. The molecular weight excluding hydrogens is 328 g/mol. The Bertz CT molecular complexity index is 647. The fourth-order valence-corrected chi connectivity index (χ4v) is 4.00. The Morgan fingerprint density at radius 1 is 1.17 bits per heavy atom. The summed E-state index contributed by atoms with van der Waals surface area (Å²) in [4.78, 5) is 11.8. The van der Waals surface area contributed by atoms with E-state index in [1.807, 2.05) is 24.3 Å². The van der Waals surface area contributed by atoms with Crippen LogP contribution >= 0.6 is 0 Å². The molecule has 0 spiro atoms. The standard InChI is InChI=1S/C18H26O5S/c1-4-18(2,3)14-5-7-15(8-6-14)22-13-17(19)23-16-9-11-24(20,21)12-10-16/h5-8,16H,4,9-13H2,1-3H3. The summed E-state index contributed by atoms with van der Waals surface area (Å²) in [6, 6.07) is 7.73. The van der Waals surface area contributed by atoms with Gasteiger partial charge in [0.25, 0.3) is 0 Å². The van der Waals surface area contributed by atoms with E-state index >= 15 is 0 Å². The zero-order chi connectivity index (χ0) is 17.8. The van der Waals surface area contributed by atoms with Crippen molar-refractivity contribution in [1.82, 2.24) is 0 Å². The number of carbonyl (C=O) groups is 1. The second-order valence-electron chi connectivity index (χ2n) is 6.89. The molecule has 0 amide bonds. The maximum atomic E-state index is 11.8. The molecule has 0 bridgehead atoms. The van der Waals surface area contributed by atoms with E-state index in [-0.39, 0.29) is 29.6 Å². The summed E-state index contributed by atoms with van der Waals surface area (Å²) >= 11 is 0. The van der Waals surface area contributed by atoms with Gasteiger partial charge in [0.15, 0.2) is 16.4 Å². The first-order valence-electron chi connectivity index (χ1n) is 8.35. The summed E-state index contributed by atoms with van der Waals surface area (Å²) in [5.74, 6) is 0.326. The van der Waals surface area contributed by atoms with Gasteiger partial charge in [-0.05, 0) is 42.4 Å². The molecule has 1 fully saturated rings. The Morgan fingerprint density at radius 2 is 1.75 bits per heavy atom. The van der Waals surface area contributed by atoms with Crippen molar-refractivity contribution >= 4 is 15.8 Å². The van der Waals surface area contributed by atoms with E-state index in [1.165, 1.54) is 5.56 Å². The normalized spacial score (nSPS) is 18.1. The Balaban J connectivity index is 1.80. The van der Waals surface area contributed by atoms with E-state index in [0.29, 0.717) is 18.6 Å². The highest BCUT2D eigenvalue weighted by Crippen LogP contribution is 2.28. The highest BCUT2D eigenvalue weighted by atomic mass is 32.2. The molecule has 24 heavy (non-hydrogen) atoms. The van der Waals surface area contributed by atoms with E-state index in [2.05, 4.69) is 20.8 Å². The summed E-state index contributed by atoms with van der Waals surface area (Å²) in [6.45, 7) is 6.35. The van der Waals surface area contributed by atoms with Crippen molar-refractivity contribution in [2.75, 3.05) is 18.1 Å². The predicted octanol–water partition coefficient (Wildman–Crippen LogP) is 2.87. The van der Waals surface area contributed by atoms with Crippen LogP contribution in [0.3, 0.4) is 0 Å². The second kappa shape index (κ2) is 7.55. The van der Waals surface area contributed by atoms with Crippen LogP contribution in [0.15, 0.2) is 24.3 Å². The molecule has 0 unspecified atom stereocenters. The summed E-state index contributed by atoms with van der Waals surface area (Å²) in [5, 5.41) is 0. The molecule has 1 aliphatic rings. The lowest BCUT2D eigenvalue weighted by Gasteiger charge is -2.23. The Morgan fingerprint density at radius 3 is 2.29 bits per heavy atom. The molecule has 0 saturated carbocycles.